The van der Waals surface area contributed by atoms with Gasteiger partial charge in [-0.05, 0) is 25.7 Å². The Balaban J connectivity index is 1.77. The van der Waals surface area contributed by atoms with Gasteiger partial charge in [-0.15, -0.1) is 0 Å². The maximum Gasteiger partial charge on any atom is 0.0613 e. The highest BCUT2D eigenvalue weighted by Crippen LogP contribution is 2.36. The van der Waals surface area contributed by atoms with Gasteiger partial charge in [0.15, 0.2) is 0 Å². The van der Waals surface area contributed by atoms with Gasteiger partial charge in [-0.2, -0.15) is 0 Å². The van der Waals surface area contributed by atoms with Crippen molar-refractivity contribution in [2.75, 3.05) is 6.61 Å². The van der Waals surface area contributed by atoms with Gasteiger partial charge in [0.1, 0.15) is 0 Å². The van der Waals surface area contributed by atoms with E-state index in [0.717, 1.165) is 0 Å². The normalized spacial score (nSPS) is 28.8. The van der Waals surface area contributed by atoms with E-state index in [0.29, 0.717) is 12.6 Å². The van der Waals surface area contributed by atoms with Crippen molar-refractivity contribution in [3.63, 3.8) is 0 Å². The first kappa shape index (κ1) is 8.52. The predicted octanol–water partition coefficient (Wildman–Crippen LogP) is 1.43. The molecule has 70 valence electrons. The molecule has 2 aliphatic rings. The molecule has 0 spiro atoms. The van der Waals surface area contributed by atoms with Crippen LogP contribution in [0.25, 0.3) is 0 Å². The van der Waals surface area contributed by atoms with E-state index >= 15 is 0 Å². The van der Waals surface area contributed by atoms with Crippen LogP contribution in [0.4, 0.5) is 0 Å². The molecule has 0 aromatic carbocycles. The van der Waals surface area contributed by atoms with Crippen molar-refractivity contribution in [2.45, 2.75) is 56.5 Å². The number of hydrogen-bond donors (Lipinski definition) is 2. The van der Waals surface area contributed by atoms with E-state index in [2.05, 4.69) is 5.32 Å². The second-order valence-electron chi connectivity index (χ2n) is 4.42. The molecule has 2 heteroatoms. The van der Waals surface area contributed by atoms with Crippen LogP contribution in [0.3, 0.4) is 0 Å². The summed E-state index contributed by atoms with van der Waals surface area (Å²) in [4.78, 5) is 0. The van der Waals surface area contributed by atoms with Crippen LogP contribution in [0.5, 0.6) is 0 Å². The summed E-state index contributed by atoms with van der Waals surface area (Å²) in [5.74, 6) is 0. The highest BCUT2D eigenvalue weighted by molar-refractivity contribution is 5.03. The van der Waals surface area contributed by atoms with E-state index in [1.54, 1.807) is 0 Å². The minimum Gasteiger partial charge on any atom is -0.394 e. The predicted molar refractivity (Wildman–Crippen MR) is 49.1 cm³/mol. The molecule has 0 aromatic heterocycles. The summed E-state index contributed by atoms with van der Waals surface area (Å²) in [7, 11) is 0. The van der Waals surface area contributed by atoms with Crippen molar-refractivity contribution < 1.29 is 5.11 Å². The molecule has 2 aliphatic carbocycles. The van der Waals surface area contributed by atoms with Crippen LogP contribution in [0.1, 0.15) is 44.9 Å². The Hall–Kier alpha value is -0.0800. The fraction of sp³-hybridized carbons (Fsp3) is 1.00. The number of aliphatic hydroxyl groups excluding tert-OH is 1. The molecule has 12 heavy (non-hydrogen) atoms. The first-order chi connectivity index (χ1) is 5.85. The van der Waals surface area contributed by atoms with E-state index in [4.69, 9.17) is 5.11 Å². The van der Waals surface area contributed by atoms with Crippen molar-refractivity contribution in [1.82, 2.24) is 5.32 Å². The summed E-state index contributed by atoms with van der Waals surface area (Å²) in [6.07, 6.45) is 9.16. The third-order valence-corrected chi connectivity index (χ3v) is 3.27. The van der Waals surface area contributed by atoms with E-state index in [-0.39, 0.29) is 5.54 Å². The zero-order chi connectivity index (χ0) is 8.44. The Labute approximate surface area is 74.4 Å². The van der Waals surface area contributed by atoms with Crippen LogP contribution < -0.4 is 5.32 Å². The fourth-order valence-electron chi connectivity index (χ4n) is 2.18. The summed E-state index contributed by atoms with van der Waals surface area (Å²) in [5, 5.41) is 12.7. The van der Waals surface area contributed by atoms with Crippen LogP contribution in [-0.2, 0) is 0 Å². The van der Waals surface area contributed by atoms with Gasteiger partial charge in [-0.1, -0.05) is 19.3 Å². The maximum atomic E-state index is 9.12. The van der Waals surface area contributed by atoms with Gasteiger partial charge in [-0.25, -0.2) is 0 Å². The second kappa shape index (κ2) is 3.35. The van der Waals surface area contributed by atoms with E-state index < -0.39 is 0 Å². The molecule has 0 amide bonds. The Bertz CT molecular complexity index is 148. The molecule has 0 saturated heterocycles. The molecule has 2 saturated carbocycles. The Morgan fingerprint density at radius 2 is 1.83 bits per heavy atom. The Morgan fingerprint density at radius 1 is 1.17 bits per heavy atom. The highest BCUT2D eigenvalue weighted by Gasteiger charge is 2.43. The summed E-state index contributed by atoms with van der Waals surface area (Å²) in [6.45, 7) is 0.337. The van der Waals surface area contributed by atoms with Crippen LogP contribution in [0, 0.1) is 0 Å². The lowest BCUT2D eigenvalue weighted by atomic mass is 9.94. The minimum absolute atomic E-state index is 0.155. The van der Waals surface area contributed by atoms with E-state index in [1.807, 2.05) is 0 Å². The van der Waals surface area contributed by atoms with Gasteiger partial charge in [0.25, 0.3) is 0 Å². The summed E-state index contributed by atoms with van der Waals surface area (Å²) >= 11 is 0. The van der Waals surface area contributed by atoms with Gasteiger partial charge >= 0.3 is 0 Å². The van der Waals surface area contributed by atoms with Gasteiger partial charge in [0, 0.05) is 11.6 Å². The molecule has 0 radical (unpaired) electrons. The first-order valence-electron chi connectivity index (χ1n) is 5.23. The highest BCUT2D eigenvalue weighted by atomic mass is 16.3. The molecule has 0 aliphatic heterocycles. The molecule has 2 fully saturated rings. The average Bonchev–Trinajstić information content (AvgIpc) is 2.88. The maximum absolute atomic E-state index is 9.12. The van der Waals surface area contributed by atoms with Crippen molar-refractivity contribution >= 4 is 0 Å². The van der Waals surface area contributed by atoms with Crippen LogP contribution in [-0.4, -0.2) is 23.3 Å². The molecule has 0 unspecified atom stereocenters. The third kappa shape index (κ3) is 1.80. The first-order valence-corrected chi connectivity index (χ1v) is 5.23. The summed E-state index contributed by atoms with van der Waals surface area (Å²) in [5.41, 5.74) is 0.155. The van der Waals surface area contributed by atoms with Crippen molar-refractivity contribution in [3.05, 3.63) is 0 Å². The molecule has 0 heterocycles. The van der Waals surface area contributed by atoms with E-state index in [9.17, 15) is 0 Å². The monoisotopic (exact) mass is 169 g/mol. The quantitative estimate of drug-likeness (QED) is 0.670. The molecule has 0 bridgehead atoms. The molecule has 0 aromatic rings. The number of nitrogens with one attached hydrogen (secondary N) is 1. The largest absolute Gasteiger partial charge is 0.394 e. The molecule has 2 rings (SSSR count). The topological polar surface area (TPSA) is 32.3 Å². The van der Waals surface area contributed by atoms with Crippen LogP contribution in [0.2, 0.25) is 0 Å². The molecular formula is C10H19NO. The third-order valence-electron chi connectivity index (χ3n) is 3.27. The number of hydrogen-bond acceptors (Lipinski definition) is 2. The lowest BCUT2D eigenvalue weighted by Gasteiger charge is -2.27. The Kier molecular flexibility index (Phi) is 2.37. The van der Waals surface area contributed by atoms with E-state index in [1.165, 1.54) is 44.9 Å². The van der Waals surface area contributed by atoms with Gasteiger partial charge in [-0.3, -0.25) is 0 Å². The molecule has 0 atom stereocenters. The van der Waals surface area contributed by atoms with Crippen molar-refractivity contribution in [2.24, 2.45) is 0 Å². The Morgan fingerprint density at radius 3 is 2.33 bits per heavy atom. The summed E-state index contributed by atoms with van der Waals surface area (Å²) in [6, 6.07) is 0.702. The molecule has 2 N–H and O–H groups in total. The minimum atomic E-state index is 0.155. The van der Waals surface area contributed by atoms with Crippen LogP contribution >= 0.6 is 0 Å². The number of aliphatic hydroxyl groups is 1. The zero-order valence-electron chi connectivity index (χ0n) is 7.68. The fourth-order valence-corrected chi connectivity index (χ4v) is 2.18. The van der Waals surface area contributed by atoms with Crippen molar-refractivity contribution in [3.8, 4) is 0 Å². The van der Waals surface area contributed by atoms with Gasteiger partial charge in [0.2, 0.25) is 0 Å². The van der Waals surface area contributed by atoms with Crippen molar-refractivity contribution in [1.29, 1.82) is 0 Å². The van der Waals surface area contributed by atoms with Gasteiger partial charge < -0.3 is 10.4 Å². The SMILES string of the molecule is OCC1(NC2CCCCC2)CC1. The van der Waals surface area contributed by atoms with Gasteiger partial charge in [0.05, 0.1) is 6.61 Å². The van der Waals surface area contributed by atoms with Crippen LogP contribution in [0.15, 0.2) is 0 Å². The smallest absolute Gasteiger partial charge is 0.0613 e. The lowest BCUT2D eigenvalue weighted by molar-refractivity contribution is 0.206. The molecule has 2 nitrogen and oxygen atoms in total. The summed E-state index contributed by atoms with van der Waals surface area (Å²) < 4.78 is 0. The second-order valence-corrected chi connectivity index (χ2v) is 4.42. The average molecular weight is 169 g/mol. The lowest BCUT2D eigenvalue weighted by Crippen LogP contribution is -2.43. The standard InChI is InChI=1S/C10H19NO/c12-8-10(6-7-10)11-9-4-2-1-3-5-9/h9,11-12H,1-8H2. The molecular weight excluding hydrogens is 150 g/mol. The zero-order valence-corrected chi connectivity index (χ0v) is 7.68. The number of rotatable bonds is 3.